The van der Waals surface area contributed by atoms with Crippen LogP contribution >= 0.6 is 24.0 Å². The van der Waals surface area contributed by atoms with E-state index < -0.39 is 0 Å². The second kappa shape index (κ2) is 8.90. The lowest BCUT2D eigenvalue weighted by Gasteiger charge is -2.33. The molecule has 2 N–H and O–H groups in total. The van der Waals surface area contributed by atoms with E-state index in [0.717, 1.165) is 56.4 Å². The van der Waals surface area contributed by atoms with Crippen LogP contribution in [-0.4, -0.2) is 52.7 Å². The van der Waals surface area contributed by atoms with Gasteiger partial charge >= 0.3 is 0 Å². The number of rotatable bonds is 4. The van der Waals surface area contributed by atoms with Gasteiger partial charge in [-0.25, -0.2) is 4.98 Å². The third-order valence-corrected chi connectivity index (χ3v) is 4.06. The number of guanidine groups is 1. The molecule has 1 saturated heterocycles. The van der Waals surface area contributed by atoms with Gasteiger partial charge in [0.2, 0.25) is 0 Å². The van der Waals surface area contributed by atoms with Gasteiger partial charge in [0, 0.05) is 39.0 Å². The molecule has 2 aromatic rings. The smallest absolute Gasteiger partial charge is 0.193 e. The molecule has 0 bridgehead atoms. The third-order valence-electron chi connectivity index (χ3n) is 4.06. The van der Waals surface area contributed by atoms with Crippen molar-refractivity contribution in [1.29, 1.82) is 0 Å². The normalized spacial score (nSPS) is 16.2. The zero-order valence-corrected chi connectivity index (χ0v) is 15.6. The van der Waals surface area contributed by atoms with E-state index in [1.807, 2.05) is 19.2 Å². The Bertz CT molecular complexity index is 575. The minimum absolute atomic E-state index is 0. The van der Waals surface area contributed by atoms with Gasteiger partial charge in [-0.3, -0.25) is 10.1 Å². The summed E-state index contributed by atoms with van der Waals surface area (Å²) in [6, 6.07) is 3.91. The molecule has 0 spiro atoms. The Balaban J connectivity index is 0.00000192. The molecule has 3 heterocycles. The first kappa shape index (κ1) is 17.8. The average Bonchev–Trinajstić information content (AvgIpc) is 3.25. The van der Waals surface area contributed by atoms with E-state index in [1.54, 1.807) is 12.6 Å². The van der Waals surface area contributed by atoms with Crippen molar-refractivity contribution in [3.8, 4) is 0 Å². The number of aliphatic imine (C=N–C) groups is 1. The average molecular weight is 430 g/mol. The predicted octanol–water partition coefficient (Wildman–Crippen LogP) is 2.01. The minimum atomic E-state index is 0. The maximum atomic E-state index is 5.34. The molecular formula is C15H23IN6O. The number of piperidine rings is 1. The second-order valence-electron chi connectivity index (χ2n) is 5.44. The first-order chi connectivity index (χ1) is 10.9. The number of halogens is 1. The minimum Gasteiger partial charge on any atom is -0.469 e. The monoisotopic (exact) mass is 430 g/mol. The molecule has 0 amide bonds. The van der Waals surface area contributed by atoms with E-state index in [9.17, 15) is 0 Å². The number of aromatic amines is 1. The van der Waals surface area contributed by atoms with E-state index in [4.69, 9.17) is 4.42 Å². The lowest BCUT2D eigenvalue weighted by atomic mass is 9.96. The van der Waals surface area contributed by atoms with Crippen molar-refractivity contribution in [3.05, 3.63) is 36.3 Å². The summed E-state index contributed by atoms with van der Waals surface area (Å²) in [6.45, 7) is 2.78. The largest absolute Gasteiger partial charge is 0.469 e. The van der Waals surface area contributed by atoms with Crippen LogP contribution < -0.4 is 5.32 Å². The van der Waals surface area contributed by atoms with Crippen LogP contribution in [0.3, 0.4) is 0 Å². The van der Waals surface area contributed by atoms with Crippen molar-refractivity contribution in [2.45, 2.75) is 25.2 Å². The van der Waals surface area contributed by atoms with Crippen LogP contribution in [0.4, 0.5) is 0 Å². The fourth-order valence-electron chi connectivity index (χ4n) is 2.86. The number of H-pyrrole nitrogens is 1. The van der Waals surface area contributed by atoms with Crippen LogP contribution in [0.15, 0.2) is 34.1 Å². The van der Waals surface area contributed by atoms with E-state index in [-0.39, 0.29) is 24.0 Å². The first-order valence-electron chi connectivity index (χ1n) is 7.70. The Kier molecular flexibility index (Phi) is 6.87. The molecule has 0 unspecified atom stereocenters. The molecule has 2 aromatic heterocycles. The standard InChI is InChI=1S/C15H22N6O.HI/c1-16-15(17-7-4-13-3-2-10-22-13)21-8-5-12(6-9-21)14-18-11-19-20-14;/h2-3,10-12H,4-9H2,1H3,(H,16,17)(H,18,19,20);1H. The first-order valence-corrected chi connectivity index (χ1v) is 7.70. The van der Waals surface area contributed by atoms with Gasteiger partial charge < -0.3 is 14.6 Å². The molecule has 3 rings (SSSR count). The number of hydrogen-bond acceptors (Lipinski definition) is 4. The quantitative estimate of drug-likeness (QED) is 0.441. The fourth-order valence-corrected chi connectivity index (χ4v) is 2.86. The Morgan fingerprint density at radius 2 is 2.30 bits per heavy atom. The van der Waals surface area contributed by atoms with Crippen LogP contribution in [0.5, 0.6) is 0 Å². The molecule has 1 fully saturated rings. The molecule has 0 saturated carbocycles. The van der Waals surface area contributed by atoms with Gasteiger partial charge in [-0.2, -0.15) is 5.10 Å². The van der Waals surface area contributed by atoms with Crippen molar-refractivity contribution >= 4 is 29.9 Å². The van der Waals surface area contributed by atoms with Gasteiger partial charge in [0.25, 0.3) is 0 Å². The molecule has 126 valence electrons. The molecule has 23 heavy (non-hydrogen) atoms. The highest BCUT2D eigenvalue weighted by molar-refractivity contribution is 14.0. The summed E-state index contributed by atoms with van der Waals surface area (Å²) in [7, 11) is 1.83. The van der Waals surface area contributed by atoms with Gasteiger partial charge in [0.1, 0.15) is 17.9 Å². The molecule has 0 atom stereocenters. The van der Waals surface area contributed by atoms with E-state index in [0.29, 0.717) is 5.92 Å². The maximum Gasteiger partial charge on any atom is 0.193 e. The van der Waals surface area contributed by atoms with Gasteiger partial charge in [0.15, 0.2) is 5.96 Å². The Hall–Kier alpha value is -1.58. The predicted molar refractivity (Wildman–Crippen MR) is 99.1 cm³/mol. The van der Waals surface area contributed by atoms with E-state index in [2.05, 4.69) is 30.4 Å². The number of nitrogens with one attached hydrogen (secondary N) is 2. The van der Waals surface area contributed by atoms with Crippen molar-refractivity contribution in [2.24, 2.45) is 4.99 Å². The highest BCUT2D eigenvalue weighted by Gasteiger charge is 2.24. The summed E-state index contributed by atoms with van der Waals surface area (Å²) in [4.78, 5) is 11.0. The summed E-state index contributed by atoms with van der Waals surface area (Å²) >= 11 is 0. The number of furan rings is 1. The number of likely N-dealkylation sites (tertiary alicyclic amines) is 1. The van der Waals surface area contributed by atoms with Crippen LogP contribution in [0.2, 0.25) is 0 Å². The number of nitrogens with zero attached hydrogens (tertiary/aromatic N) is 4. The Labute approximate surface area is 153 Å². The highest BCUT2D eigenvalue weighted by atomic mass is 127. The van der Waals surface area contributed by atoms with Crippen molar-refractivity contribution in [2.75, 3.05) is 26.7 Å². The Morgan fingerprint density at radius 1 is 1.48 bits per heavy atom. The van der Waals surface area contributed by atoms with Crippen LogP contribution in [0.25, 0.3) is 0 Å². The molecular weight excluding hydrogens is 407 g/mol. The molecule has 1 aliphatic heterocycles. The van der Waals surface area contributed by atoms with Crippen molar-refractivity contribution in [3.63, 3.8) is 0 Å². The molecule has 8 heteroatoms. The lowest BCUT2D eigenvalue weighted by molar-refractivity contribution is 0.299. The molecule has 0 radical (unpaired) electrons. The number of aromatic nitrogens is 3. The summed E-state index contributed by atoms with van der Waals surface area (Å²) in [6.07, 6.45) is 6.28. The van der Waals surface area contributed by atoms with Crippen LogP contribution in [0.1, 0.15) is 30.3 Å². The second-order valence-corrected chi connectivity index (χ2v) is 5.44. The summed E-state index contributed by atoms with van der Waals surface area (Å²) in [5.41, 5.74) is 0. The summed E-state index contributed by atoms with van der Waals surface area (Å²) in [5, 5.41) is 10.3. The van der Waals surface area contributed by atoms with Crippen molar-refractivity contribution in [1.82, 2.24) is 25.4 Å². The summed E-state index contributed by atoms with van der Waals surface area (Å²) < 4.78 is 5.34. The van der Waals surface area contributed by atoms with E-state index >= 15 is 0 Å². The SMILES string of the molecule is CN=C(NCCc1ccco1)N1CCC(c2ncn[nH]2)CC1.I. The van der Waals surface area contributed by atoms with Gasteiger partial charge in [0.05, 0.1) is 6.26 Å². The topological polar surface area (TPSA) is 82.3 Å². The zero-order valence-electron chi connectivity index (χ0n) is 13.2. The lowest BCUT2D eigenvalue weighted by Crippen LogP contribution is -2.45. The van der Waals surface area contributed by atoms with E-state index in [1.165, 1.54) is 0 Å². The van der Waals surface area contributed by atoms with Crippen LogP contribution in [-0.2, 0) is 6.42 Å². The maximum absolute atomic E-state index is 5.34. The van der Waals surface area contributed by atoms with Crippen molar-refractivity contribution < 1.29 is 4.42 Å². The highest BCUT2D eigenvalue weighted by Crippen LogP contribution is 2.24. The van der Waals surface area contributed by atoms with Gasteiger partial charge in [-0.15, -0.1) is 24.0 Å². The number of hydrogen-bond donors (Lipinski definition) is 2. The van der Waals surface area contributed by atoms with Crippen LogP contribution in [0, 0.1) is 0 Å². The third kappa shape index (κ3) is 4.69. The molecule has 7 nitrogen and oxygen atoms in total. The summed E-state index contributed by atoms with van der Waals surface area (Å²) in [5.74, 6) is 3.43. The zero-order chi connectivity index (χ0) is 15.2. The van der Waals surface area contributed by atoms with Gasteiger partial charge in [-0.1, -0.05) is 0 Å². The molecule has 0 aromatic carbocycles. The molecule has 0 aliphatic carbocycles. The Morgan fingerprint density at radius 3 is 2.91 bits per heavy atom. The fraction of sp³-hybridized carbons (Fsp3) is 0.533. The molecule has 1 aliphatic rings. The van der Waals surface area contributed by atoms with Gasteiger partial charge in [-0.05, 0) is 25.0 Å².